The van der Waals surface area contributed by atoms with E-state index < -0.39 is 0 Å². The number of unbranched alkanes of at least 4 members (excludes halogenated alkanes) is 2. The molecule has 0 aliphatic carbocycles. The van der Waals surface area contributed by atoms with Crippen LogP contribution in [0.4, 0.5) is 0 Å². The molecule has 1 aromatic carbocycles. The first-order valence-corrected chi connectivity index (χ1v) is 6.52. The van der Waals surface area contributed by atoms with E-state index in [-0.39, 0.29) is 12.6 Å². The number of hydrogen-bond acceptors (Lipinski definition) is 3. The van der Waals surface area contributed by atoms with E-state index in [1.807, 2.05) is 18.2 Å². The average Bonchev–Trinajstić information content (AvgIpc) is 2.41. The monoisotopic (exact) mass is 246 g/mol. The molecular formula is C15H22N2O. The number of nitrogens with zero attached hydrogens (tertiary/aromatic N) is 2. The zero-order valence-corrected chi connectivity index (χ0v) is 11.0. The molecule has 1 rings (SSSR count). The van der Waals surface area contributed by atoms with Crippen molar-refractivity contribution in [3.63, 3.8) is 0 Å². The van der Waals surface area contributed by atoms with Gasteiger partial charge in [0.2, 0.25) is 0 Å². The molecule has 0 aromatic heterocycles. The van der Waals surface area contributed by atoms with E-state index in [1.54, 1.807) is 0 Å². The van der Waals surface area contributed by atoms with Crippen molar-refractivity contribution >= 4 is 0 Å². The summed E-state index contributed by atoms with van der Waals surface area (Å²) >= 11 is 0. The molecule has 18 heavy (non-hydrogen) atoms. The Morgan fingerprint density at radius 3 is 2.56 bits per heavy atom. The quantitative estimate of drug-likeness (QED) is 0.717. The zero-order chi connectivity index (χ0) is 13.2. The van der Waals surface area contributed by atoms with Gasteiger partial charge in [-0.3, -0.25) is 4.90 Å². The first-order chi connectivity index (χ1) is 8.79. The van der Waals surface area contributed by atoms with Crippen LogP contribution in [-0.4, -0.2) is 30.2 Å². The molecule has 98 valence electrons. The van der Waals surface area contributed by atoms with Crippen LogP contribution in [-0.2, 0) is 0 Å². The summed E-state index contributed by atoms with van der Waals surface area (Å²) in [6, 6.07) is 12.6. The van der Waals surface area contributed by atoms with Crippen molar-refractivity contribution in [3.05, 3.63) is 35.9 Å². The third-order valence-electron chi connectivity index (χ3n) is 3.17. The molecule has 0 fully saturated rings. The van der Waals surface area contributed by atoms with Crippen molar-refractivity contribution in [2.24, 2.45) is 0 Å². The second-order valence-electron chi connectivity index (χ2n) is 4.55. The molecule has 0 spiro atoms. The summed E-state index contributed by atoms with van der Waals surface area (Å²) in [4.78, 5) is 2.23. The van der Waals surface area contributed by atoms with Crippen molar-refractivity contribution in [1.29, 1.82) is 5.26 Å². The van der Waals surface area contributed by atoms with Crippen molar-refractivity contribution in [2.45, 2.75) is 31.7 Å². The Morgan fingerprint density at radius 1 is 1.22 bits per heavy atom. The minimum absolute atomic E-state index is 0.172. The highest BCUT2D eigenvalue weighted by molar-refractivity contribution is 5.19. The van der Waals surface area contributed by atoms with E-state index >= 15 is 0 Å². The Balaban J connectivity index is 2.54. The molecule has 0 amide bonds. The minimum Gasteiger partial charge on any atom is -0.396 e. The molecule has 1 atom stereocenters. The zero-order valence-electron chi connectivity index (χ0n) is 11.0. The van der Waals surface area contributed by atoms with Crippen LogP contribution >= 0.6 is 0 Å². The summed E-state index contributed by atoms with van der Waals surface area (Å²) < 4.78 is 0. The van der Waals surface area contributed by atoms with Gasteiger partial charge in [-0.2, -0.15) is 5.26 Å². The van der Waals surface area contributed by atoms with Crippen LogP contribution in [0.5, 0.6) is 0 Å². The maximum atomic E-state index is 8.95. The molecule has 3 nitrogen and oxygen atoms in total. The number of aliphatic hydroxyl groups excluding tert-OH is 1. The fourth-order valence-corrected chi connectivity index (χ4v) is 2.10. The van der Waals surface area contributed by atoms with Gasteiger partial charge < -0.3 is 5.11 Å². The maximum absolute atomic E-state index is 8.95. The molecule has 1 N–H and O–H groups in total. The second-order valence-corrected chi connectivity index (χ2v) is 4.55. The van der Waals surface area contributed by atoms with Gasteiger partial charge in [-0.25, -0.2) is 0 Å². The van der Waals surface area contributed by atoms with Crippen LogP contribution < -0.4 is 0 Å². The molecule has 1 unspecified atom stereocenters. The number of aliphatic hydroxyl groups is 1. The topological polar surface area (TPSA) is 47.3 Å². The molecule has 0 aliphatic heterocycles. The van der Waals surface area contributed by atoms with Crippen molar-refractivity contribution in [2.75, 3.05) is 20.2 Å². The molecule has 0 saturated carbocycles. The smallest absolute Gasteiger partial charge is 0.0641 e. The SMILES string of the molecule is CN(CCCCCO)C(CC#N)c1ccccc1. The van der Waals surface area contributed by atoms with Gasteiger partial charge in [0.25, 0.3) is 0 Å². The normalized spacial score (nSPS) is 12.3. The summed E-state index contributed by atoms with van der Waals surface area (Å²) in [7, 11) is 2.06. The first kappa shape index (κ1) is 14.7. The lowest BCUT2D eigenvalue weighted by Crippen LogP contribution is -2.25. The Morgan fingerprint density at radius 2 is 1.94 bits per heavy atom. The van der Waals surface area contributed by atoms with E-state index in [0.717, 1.165) is 25.8 Å². The lowest BCUT2D eigenvalue weighted by atomic mass is 10.0. The predicted octanol–water partition coefficient (Wildman–Crippen LogP) is 2.74. The molecule has 1 aromatic rings. The lowest BCUT2D eigenvalue weighted by molar-refractivity contribution is 0.234. The van der Waals surface area contributed by atoms with Crippen LogP contribution in [0.2, 0.25) is 0 Å². The number of nitriles is 1. The van der Waals surface area contributed by atoms with Gasteiger partial charge in [-0.1, -0.05) is 30.3 Å². The highest BCUT2D eigenvalue weighted by Crippen LogP contribution is 2.22. The maximum Gasteiger partial charge on any atom is 0.0641 e. The third-order valence-corrected chi connectivity index (χ3v) is 3.17. The Hall–Kier alpha value is -1.37. The lowest BCUT2D eigenvalue weighted by Gasteiger charge is -2.26. The van der Waals surface area contributed by atoms with Crippen molar-refractivity contribution in [3.8, 4) is 6.07 Å². The van der Waals surface area contributed by atoms with Crippen LogP contribution in [0.25, 0.3) is 0 Å². The molecule has 0 heterocycles. The molecule has 0 bridgehead atoms. The number of rotatable bonds is 8. The highest BCUT2D eigenvalue weighted by atomic mass is 16.2. The number of hydrogen-bond donors (Lipinski definition) is 1. The van der Waals surface area contributed by atoms with Crippen molar-refractivity contribution in [1.82, 2.24) is 4.90 Å². The van der Waals surface area contributed by atoms with Gasteiger partial charge in [-0.15, -0.1) is 0 Å². The average molecular weight is 246 g/mol. The summed E-state index contributed by atoms with van der Waals surface area (Å²) in [6.45, 7) is 1.23. The van der Waals surface area contributed by atoms with Gasteiger partial charge in [-0.05, 0) is 38.4 Å². The molecular weight excluding hydrogens is 224 g/mol. The van der Waals surface area contributed by atoms with E-state index in [0.29, 0.717) is 6.42 Å². The Labute approximate surface area is 110 Å². The summed E-state index contributed by atoms with van der Waals surface area (Å²) in [5.74, 6) is 0. The van der Waals surface area contributed by atoms with Crippen LogP contribution in [0, 0.1) is 11.3 Å². The summed E-state index contributed by atoms with van der Waals surface area (Å²) in [5.41, 5.74) is 1.20. The van der Waals surface area contributed by atoms with Crippen molar-refractivity contribution < 1.29 is 5.11 Å². The van der Waals surface area contributed by atoms with E-state index in [2.05, 4.69) is 30.1 Å². The third kappa shape index (κ3) is 4.87. The molecule has 0 radical (unpaired) electrons. The van der Waals surface area contributed by atoms with Gasteiger partial charge in [0, 0.05) is 12.6 Å². The van der Waals surface area contributed by atoms with Crippen LogP contribution in [0.3, 0.4) is 0 Å². The van der Waals surface area contributed by atoms with E-state index in [1.165, 1.54) is 5.56 Å². The van der Waals surface area contributed by atoms with Gasteiger partial charge in [0.05, 0.1) is 12.5 Å². The van der Waals surface area contributed by atoms with Crippen LogP contribution in [0.1, 0.15) is 37.3 Å². The van der Waals surface area contributed by atoms with Gasteiger partial charge in [0.1, 0.15) is 0 Å². The van der Waals surface area contributed by atoms with Crippen LogP contribution in [0.15, 0.2) is 30.3 Å². The Kier molecular flexibility index (Phi) is 7.09. The summed E-state index contributed by atoms with van der Waals surface area (Å²) in [6.07, 6.45) is 3.48. The Bertz CT molecular complexity index is 359. The van der Waals surface area contributed by atoms with Gasteiger partial charge >= 0.3 is 0 Å². The van der Waals surface area contributed by atoms with E-state index in [9.17, 15) is 0 Å². The predicted molar refractivity (Wildman–Crippen MR) is 73.0 cm³/mol. The largest absolute Gasteiger partial charge is 0.396 e. The second kappa shape index (κ2) is 8.68. The summed E-state index contributed by atoms with van der Waals surface area (Å²) in [5, 5.41) is 17.7. The van der Waals surface area contributed by atoms with Gasteiger partial charge in [0.15, 0.2) is 0 Å². The minimum atomic E-state index is 0.172. The fourth-order valence-electron chi connectivity index (χ4n) is 2.10. The molecule has 3 heteroatoms. The fraction of sp³-hybridized carbons (Fsp3) is 0.533. The molecule has 0 saturated heterocycles. The standard InChI is InChI=1S/C15H22N2O/c1-17(12-6-3-7-13-18)15(10-11-16)14-8-4-2-5-9-14/h2,4-5,8-9,15,18H,3,6-7,10,12-13H2,1H3. The molecule has 0 aliphatic rings. The number of benzene rings is 1. The first-order valence-electron chi connectivity index (χ1n) is 6.52. The highest BCUT2D eigenvalue weighted by Gasteiger charge is 2.15. The van der Waals surface area contributed by atoms with E-state index in [4.69, 9.17) is 10.4 Å².